The molecule has 1 aromatic rings. The zero-order valence-corrected chi connectivity index (χ0v) is 15.1. The van der Waals surface area contributed by atoms with Gasteiger partial charge in [0.25, 0.3) is 0 Å². The van der Waals surface area contributed by atoms with Crippen molar-refractivity contribution in [2.45, 2.75) is 52.5 Å². The minimum absolute atomic E-state index is 0.384. The van der Waals surface area contributed by atoms with Crippen molar-refractivity contribution in [1.29, 1.82) is 0 Å². The fourth-order valence-corrected chi connectivity index (χ4v) is 4.05. The van der Waals surface area contributed by atoms with Crippen LogP contribution in [0.15, 0.2) is 42.1 Å². The van der Waals surface area contributed by atoms with E-state index in [1.807, 2.05) is 0 Å². The average molecular weight is 313 g/mol. The number of nitrogens with one attached hydrogen (secondary N) is 1. The van der Waals surface area contributed by atoms with Gasteiger partial charge < -0.3 is 4.90 Å². The molecule has 1 aromatic carbocycles. The summed E-state index contributed by atoms with van der Waals surface area (Å²) in [4.78, 5) is 1.54. The Labute approximate surface area is 141 Å². The zero-order chi connectivity index (χ0) is 16.3. The van der Waals surface area contributed by atoms with Crippen LogP contribution in [-0.2, 0) is 6.54 Å². The van der Waals surface area contributed by atoms with Gasteiger partial charge in [-0.3, -0.25) is 0 Å². The van der Waals surface area contributed by atoms with E-state index in [0.717, 1.165) is 6.54 Å². The molecule has 1 atom stereocenters. The van der Waals surface area contributed by atoms with Crippen molar-refractivity contribution in [2.75, 3.05) is 20.1 Å². The van der Waals surface area contributed by atoms with Crippen LogP contribution in [-0.4, -0.2) is 30.4 Å². The van der Waals surface area contributed by atoms with Gasteiger partial charge in [0.1, 0.15) is 25.3 Å². The lowest BCUT2D eigenvalue weighted by molar-refractivity contribution is -0.856. The molecule has 0 aromatic heterocycles. The van der Waals surface area contributed by atoms with E-state index in [-0.39, 0.29) is 0 Å². The fraction of sp³-hybridized carbons (Fsp3) is 0.571. The molecule has 23 heavy (non-hydrogen) atoms. The van der Waals surface area contributed by atoms with E-state index in [4.69, 9.17) is 0 Å². The van der Waals surface area contributed by atoms with E-state index in [2.05, 4.69) is 61.9 Å². The van der Waals surface area contributed by atoms with Crippen LogP contribution in [0.3, 0.4) is 0 Å². The molecular weight excluding hydrogens is 280 g/mol. The number of nitrogens with zero attached hydrogens (tertiary/aromatic N) is 1. The molecule has 1 aliphatic heterocycles. The largest absolute Gasteiger partial charge is 0.305 e. The number of hydrogen-bond donors (Lipinski definition) is 1. The second kappa shape index (κ2) is 7.00. The summed E-state index contributed by atoms with van der Waals surface area (Å²) in [6, 6.07) is 10.9. The molecule has 1 saturated heterocycles. The lowest BCUT2D eigenvalue weighted by Crippen LogP contribution is -3.06. The molecule has 2 heteroatoms. The standard InChI is InChI=1S/C21H31N2/c1-21(2)15-19(22(3)17-18-10-6-4-7-11-18)14-20(16-21)23-12-8-5-9-13-23/h4,6-7,10-11,14H,5,8-9,12-13,15-17H2,1-3H3/q+1/p+1. The van der Waals surface area contributed by atoms with Gasteiger partial charge in [-0.05, 0) is 11.8 Å². The van der Waals surface area contributed by atoms with E-state index in [1.165, 1.54) is 50.8 Å². The van der Waals surface area contributed by atoms with Crippen LogP contribution in [0.5, 0.6) is 0 Å². The number of allylic oxidation sites excluding steroid dienone is 2. The van der Waals surface area contributed by atoms with Crippen LogP contribution in [0.1, 0.15) is 51.5 Å². The summed E-state index contributed by atoms with van der Waals surface area (Å²) in [6.07, 6.45) is 9.09. The lowest BCUT2D eigenvalue weighted by atomic mass is 9.78. The maximum absolute atomic E-state index is 2.65. The third-order valence-electron chi connectivity index (χ3n) is 5.29. The van der Waals surface area contributed by atoms with Crippen molar-refractivity contribution >= 4 is 5.71 Å². The van der Waals surface area contributed by atoms with Gasteiger partial charge in [-0.2, -0.15) is 0 Å². The first-order valence-electron chi connectivity index (χ1n) is 9.22. The lowest BCUT2D eigenvalue weighted by Gasteiger charge is -2.31. The first kappa shape index (κ1) is 16.4. The van der Waals surface area contributed by atoms with Gasteiger partial charge in [-0.1, -0.05) is 44.2 Å². The Morgan fingerprint density at radius 1 is 1.00 bits per heavy atom. The molecule has 3 rings (SSSR count). The van der Waals surface area contributed by atoms with Crippen molar-refractivity contribution in [3.05, 3.63) is 47.7 Å². The molecule has 1 aliphatic carbocycles. The summed E-state index contributed by atoms with van der Waals surface area (Å²) in [6.45, 7) is 8.45. The molecule has 0 saturated carbocycles. The Kier molecular flexibility index (Phi) is 5.01. The van der Waals surface area contributed by atoms with Crippen molar-refractivity contribution in [3.63, 3.8) is 0 Å². The van der Waals surface area contributed by atoms with Gasteiger partial charge in [0, 0.05) is 31.2 Å². The molecule has 0 radical (unpaired) electrons. The van der Waals surface area contributed by atoms with E-state index >= 15 is 0 Å². The minimum atomic E-state index is 0.384. The first-order valence-corrected chi connectivity index (χ1v) is 9.22. The summed E-state index contributed by atoms with van der Waals surface area (Å²) in [5.74, 6) is 0. The predicted octanol–water partition coefficient (Wildman–Crippen LogP) is 3.04. The smallest absolute Gasteiger partial charge is 0.182 e. The first-order chi connectivity index (χ1) is 11.0. The minimum Gasteiger partial charge on any atom is -0.305 e. The van der Waals surface area contributed by atoms with Gasteiger partial charge >= 0.3 is 0 Å². The highest BCUT2D eigenvalue weighted by Crippen LogP contribution is 2.32. The zero-order valence-electron chi connectivity index (χ0n) is 15.1. The Hall–Kier alpha value is -1.41. The van der Waals surface area contributed by atoms with Crippen LogP contribution >= 0.6 is 0 Å². The number of quaternary nitrogens is 1. The highest BCUT2D eigenvalue weighted by atomic mass is 15.1. The Morgan fingerprint density at radius 3 is 2.39 bits per heavy atom. The van der Waals surface area contributed by atoms with E-state index in [1.54, 1.807) is 16.3 Å². The normalized spacial score (nSPS) is 22.7. The van der Waals surface area contributed by atoms with Crippen LogP contribution < -0.4 is 4.90 Å². The van der Waals surface area contributed by atoms with Crippen LogP contribution in [0.4, 0.5) is 0 Å². The second-order valence-corrected chi connectivity index (χ2v) is 8.17. The van der Waals surface area contributed by atoms with Gasteiger partial charge in [-0.15, -0.1) is 0 Å². The summed E-state index contributed by atoms with van der Waals surface area (Å²) < 4.78 is 2.65. The van der Waals surface area contributed by atoms with E-state index in [0.29, 0.717) is 5.41 Å². The summed E-state index contributed by atoms with van der Waals surface area (Å²) in [5, 5.41) is 0. The van der Waals surface area contributed by atoms with Crippen LogP contribution in [0.2, 0.25) is 0 Å². The van der Waals surface area contributed by atoms with Crippen molar-refractivity contribution < 1.29 is 9.48 Å². The SMILES string of the molecule is C[NH+](Cc1ccccc1)C1=CC(=[N+]2CCCCC2)CC(C)(C)C1. The molecule has 1 unspecified atom stereocenters. The number of piperidine rings is 1. The number of rotatable bonds is 3. The molecule has 124 valence electrons. The molecule has 1 fully saturated rings. The maximum Gasteiger partial charge on any atom is 0.182 e. The Bertz CT molecular complexity index is 588. The second-order valence-electron chi connectivity index (χ2n) is 8.17. The van der Waals surface area contributed by atoms with E-state index < -0.39 is 0 Å². The maximum atomic E-state index is 2.65. The van der Waals surface area contributed by atoms with Crippen LogP contribution in [0.25, 0.3) is 0 Å². The van der Waals surface area contributed by atoms with Gasteiger partial charge in [0.2, 0.25) is 0 Å². The predicted molar refractivity (Wildman–Crippen MR) is 97.0 cm³/mol. The molecule has 2 nitrogen and oxygen atoms in total. The molecule has 0 bridgehead atoms. The van der Waals surface area contributed by atoms with Gasteiger partial charge in [0.05, 0.1) is 13.1 Å². The quantitative estimate of drug-likeness (QED) is 0.821. The number of hydrogen-bond acceptors (Lipinski definition) is 0. The average Bonchev–Trinajstić information content (AvgIpc) is 2.55. The van der Waals surface area contributed by atoms with E-state index in [9.17, 15) is 0 Å². The number of benzene rings is 1. The molecule has 0 spiro atoms. The molecule has 2 aliphatic rings. The summed E-state index contributed by atoms with van der Waals surface area (Å²) in [5.41, 5.74) is 4.97. The Morgan fingerprint density at radius 2 is 1.70 bits per heavy atom. The third kappa shape index (κ3) is 4.32. The molecule has 0 amide bonds. The van der Waals surface area contributed by atoms with Gasteiger partial charge in [0.15, 0.2) is 5.71 Å². The highest BCUT2D eigenvalue weighted by Gasteiger charge is 2.34. The summed E-state index contributed by atoms with van der Waals surface area (Å²) >= 11 is 0. The van der Waals surface area contributed by atoms with Crippen LogP contribution in [0, 0.1) is 5.41 Å². The topological polar surface area (TPSA) is 7.45 Å². The van der Waals surface area contributed by atoms with Gasteiger partial charge in [-0.25, -0.2) is 4.58 Å². The summed E-state index contributed by atoms with van der Waals surface area (Å²) in [7, 11) is 2.33. The fourth-order valence-electron chi connectivity index (χ4n) is 4.05. The molecule has 1 N–H and O–H groups in total. The molecule has 1 heterocycles. The highest BCUT2D eigenvalue weighted by molar-refractivity contribution is 5.92. The monoisotopic (exact) mass is 312 g/mol. The van der Waals surface area contributed by atoms with Crippen molar-refractivity contribution in [1.82, 2.24) is 0 Å². The van der Waals surface area contributed by atoms with Crippen molar-refractivity contribution in [3.8, 4) is 0 Å². The van der Waals surface area contributed by atoms with Crippen molar-refractivity contribution in [2.24, 2.45) is 5.41 Å². The Balaban J connectivity index is 1.82. The third-order valence-corrected chi connectivity index (χ3v) is 5.29. The molecular formula is C21H32N2+2.